The summed E-state index contributed by atoms with van der Waals surface area (Å²) in [7, 11) is 1.80. The molecular formula is C16H23ClN2O2. The number of hydrogen-bond acceptors (Lipinski definition) is 4. The van der Waals surface area contributed by atoms with Crippen molar-refractivity contribution in [1.29, 1.82) is 0 Å². The Morgan fingerprint density at radius 2 is 1.90 bits per heavy atom. The molecule has 21 heavy (non-hydrogen) atoms. The van der Waals surface area contributed by atoms with E-state index in [1.54, 1.807) is 7.11 Å². The van der Waals surface area contributed by atoms with Crippen LogP contribution in [0, 0.1) is 6.92 Å². The third-order valence-electron chi connectivity index (χ3n) is 4.80. The van der Waals surface area contributed by atoms with Gasteiger partial charge in [0, 0.05) is 24.7 Å². The van der Waals surface area contributed by atoms with Crippen molar-refractivity contribution in [3.8, 4) is 0 Å². The Kier molecular flexibility index (Phi) is 4.48. The van der Waals surface area contributed by atoms with E-state index in [1.807, 2.05) is 6.92 Å². The molecule has 5 heteroatoms. The number of rotatable bonds is 1. The molecule has 0 radical (unpaired) electrons. The van der Waals surface area contributed by atoms with Crippen LogP contribution in [0.3, 0.4) is 0 Å². The molecule has 2 heterocycles. The third-order valence-corrected chi connectivity index (χ3v) is 5.11. The van der Waals surface area contributed by atoms with Gasteiger partial charge in [-0.15, -0.1) is 5.10 Å². The van der Waals surface area contributed by atoms with Crippen LogP contribution >= 0.6 is 11.6 Å². The molecule has 2 saturated carbocycles. The predicted molar refractivity (Wildman–Crippen MR) is 81.5 cm³/mol. The van der Waals surface area contributed by atoms with Gasteiger partial charge in [-0.3, -0.25) is 0 Å². The Balaban J connectivity index is 0.000000160. The van der Waals surface area contributed by atoms with Crippen LogP contribution in [0.2, 0.25) is 5.15 Å². The minimum atomic E-state index is 0.103. The summed E-state index contributed by atoms with van der Waals surface area (Å²) in [5, 5.41) is 8.50. The molecule has 4 rings (SSSR count). The molecule has 0 bridgehead atoms. The van der Waals surface area contributed by atoms with E-state index in [9.17, 15) is 0 Å². The molecule has 0 unspecified atom stereocenters. The summed E-state index contributed by atoms with van der Waals surface area (Å²) in [5.74, 6) is 0. The highest BCUT2D eigenvalue weighted by Crippen LogP contribution is 2.47. The number of methoxy groups -OCH3 is 1. The molecule has 3 aliphatic rings. The molecule has 1 spiro atoms. The smallest absolute Gasteiger partial charge is 0.155 e. The monoisotopic (exact) mass is 310 g/mol. The first-order valence-electron chi connectivity index (χ1n) is 7.81. The van der Waals surface area contributed by atoms with E-state index in [-0.39, 0.29) is 5.60 Å². The topological polar surface area (TPSA) is 44.2 Å². The maximum Gasteiger partial charge on any atom is 0.155 e. The molecule has 0 atom stereocenters. The lowest BCUT2D eigenvalue weighted by Gasteiger charge is -2.25. The summed E-state index contributed by atoms with van der Waals surface area (Å²) in [6.07, 6.45) is 9.15. The van der Waals surface area contributed by atoms with Crippen LogP contribution in [-0.4, -0.2) is 29.0 Å². The number of hydrogen-bond donors (Lipinski definition) is 0. The number of nitrogens with zero attached hydrogens (tertiary/aromatic N) is 2. The number of ether oxygens (including phenoxy) is 2. The molecule has 0 aromatic carbocycles. The first-order valence-corrected chi connectivity index (χ1v) is 8.19. The summed E-state index contributed by atoms with van der Waals surface area (Å²) in [6.45, 7) is 2.60. The maximum absolute atomic E-state index is 6.04. The van der Waals surface area contributed by atoms with Crippen LogP contribution in [-0.2, 0) is 22.5 Å². The molecule has 1 aliphatic heterocycles. The Morgan fingerprint density at radius 3 is 2.48 bits per heavy atom. The van der Waals surface area contributed by atoms with Gasteiger partial charge in [0.15, 0.2) is 5.15 Å². The second kappa shape index (κ2) is 6.19. The average Bonchev–Trinajstić information content (AvgIpc) is 3.05. The lowest BCUT2D eigenvalue weighted by molar-refractivity contribution is 0.00738. The first kappa shape index (κ1) is 15.2. The molecule has 0 amide bonds. The molecule has 0 saturated heterocycles. The van der Waals surface area contributed by atoms with E-state index in [4.69, 9.17) is 21.1 Å². The van der Waals surface area contributed by atoms with Gasteiger partial charge in [-0.05, 0) is 32.6 Å². The van der Waals surface area contributed by atoms with Gasteiger partial charge in [0.2, 0.25) is 0 Å². The van der Waals surface area contributed by atoms with Crippen molar-refractivity contribution in [2.75, 3.05) is 7.11 Å². The molecule has 2 fully saturated rings. The molecule has 1 aromatic heterocycles. The van der Waals surface area contributed by atoms with Crippen molar-refractivity contribution < 1.29 is 9.47 Å². The van der Waals surface area contributed by atoms with Gasteiger partial charge in [0.05, 0.1) is 24.0 Å². The lowest BCUT2D eigenvalue weighted by Crippen LogP contribution is -2.25. The average molecular weight is 311 g/mol. The minimum Gasteiger partial charge on any atom is -0.381 e. The first-order chi connectivity index (χ1) is 10.1. The normalized spacial score (nSPS) is 22.6. The molecule has 2 aliphatic carbocycles. The van der Waals surface area contributed by atoms with Crippen LogP contribution in [0.1, 0.15) is 55.3 Å². The number of halogens is 1. The fourth-order valence-electron chi connectivity index (χ4n) is 3.14. The van der Waals surface area contributed by atoms with Crippen LogP contribution in [0.15, 0.2) is 0 Å². The second-order valence-corrected chi connectivity index (χ2v) is 6.68. The summed E-state index contributed by atoms with van der Waals surface area (Å²) < 4.78 is 10.9. The van der Waals surface area contributed by atoms with Crippen LogP contribution in [0.25, 0.3) is 0 Å². The van der Waals surface area contributed by atoms with Gasteiger partial charge in [-0.1, -0.05) is 24.4 Å². The molecule has 0 N–H and O–H groups in total. The maximum atomic E-state index is 6.04. The number of fused-ring (bicyclic) bond motifs is 1. The van der Waals surface area contributed by atoms with Gasteiger partial charge in [0.1, 0.15) is 0 Å². The van der Waals surface area contributed by atoms with E-state index < -0.39 is 0 Å². The highest BCUT2D eigenvalue weighted by atomic mass is 35.5. The SMILES string of the molecule is COC1CCCC1.Cc1nnc(Cl)c2c1COC1(CC1)C2. The van der Waals surface area contributed by atoms with Gasteiger partial charge in [0.25, 0.3) is 0 Å². The van der Waals surface area contributed by atoms with Crippen LogP contribution < -0.4 is 0 Å². The summed E-state index contributed by atoms with van der Waals surface area (Å²) >= 11 is 6.04. The van der Waals surface area contributed by atoms with Gasteiger partial charge >= 0.3 is 0 Å². The lowest BCUT2D eigenvalue weighted by atomic mass is 9.99. The van der Waals surface area contributed by atoms with E-state index in [2.05, 4.69) is 10.2 Å². The van der Waals surface area contributed by atoms with Crippen molar-refractivity contribution >= 4 is 11.6 Å². The van der Waals surface area contributed by atoms with Crippen molar-refractivity contribution in [3.05, 3.63) is 22.0 Å². The van der Waals surface area contributed by atoms with Crippen LogP contribution in [0.4, 0.5) is 0 Å². The van der Waals surface area contributed by atoms with Crippen molar-refractivity contribution in [2.45, 2.75) is 70.2 Å². The highest BCUT2D eigenvalue weighted by molar-refractivity contribution is 6.30. The van der Waals surface area contributed by atoms with E-state index in [0.29, 0.717) is 17.9 Å². The summed E-state index contributed by atoms with van der Waals surface area (Å²) in [6, 6.07) is 0. The Morgan fingerprint density at radius 1 is 1.19 bits per heavy atom. The fraction of sp³-hybridized carbons (Fsp3) is 0.750. The molecular weight excluding hydrogens is 288 g/mol. The zero-order valence-electron chi connectivity index (χ0n) is 12.8. The van der Waals surface area contributed by atoms with Crippen molar-refractivity contribution in [3.63, 3.8) is 0 Å². The summed E-state index contributed by atoms with van der Waals surface area (Å²) in [4.78, 5) is 0. The Hall–Kier alpha value is -0.710. The molecule has 116 valence electrons. The number of aryl methyl sites for hydroxylation is 1. The number of aromatic nitrogens is 2. The zero-order chi connectivity index (χ0) is 14.9. The minimum absolute atomic E-state index is 0.103. The van der Waals surface area contributed by atoms with Crippen molar-refractivity contribution in [1.82, 2.24) is 10.2 Å². The van der Waals surface area contributed by atoms with Gasteiger partial charge in [-0.25, -0.2) is 0 Å². The molecule has 4 nitrogen and oxygen atoms in total. The zero-order valence-corrected chi connectivity index (χ0v) is 13.6. The molecule has 1 aromatic rings. The van der Waals surface area contributed by atoms with E-state index in [1.165, 1.54) is 25.7 Å². The van der Waals surface area contributed by atoms with Gasteiger partial charge in [-0.2, -0.15) is 5.10 Å². The van der Waals surface area contributed by atoms with Crippen molar-refractivity contribution in [2.24, 2.45) is 0 Å². The van der Waals surface area contributed by atoms with Crippen LogP contribution in [0.5, 0.6) is 0 Å². The largest absolute Gasteiger partial charge is 0.381 e. The van der Waals surface area contributed by atoms with E-state index >= 15 is 0 Å². The summed E-state index contributed by atoms with van der Waals surface area (Å²) in [5.41, 5.74) is 3.34. The predicted octanol–water partition coefficient (Wildman–Crippen LogP) is 3.62. The Bertz CT molecular complexity index is 511. The third kappa shape index (κ3) is 3.38. The standard InChI is InChI=1S/C10H11ClN2O.C6H12O/c1-6-8-5-14-10(2-3-10)4-7(8)9(11)13-12-6;1-7-6-4-2-3-5-6/h2-5H2,1H3;6H,2-5H2,1H3. The second-order valence-electron chi connectivity index (χ2n) is 6.32. The fourth-order valence-corrected chi connectivity index (χ4v) is 3.36. The highest BCUT2D eigenvalue weighted by Gasteiger charge is 2.47. The quantitative estimate of drug-likeness (QED) is 0.794. The van der Waals surface area contributed by atoms with E-state index in [0.717, 1.165) is 36.1 Å². The Labute approximate surface area is 131 Å². The van der Waals surface area contributed by atoms with Gasteiger partial charge < -0.3 is 9.47 Å².